The number of halogens is 2. The fourth-order valence-corrected chi connectivity index (χ4v) is 2.39. The standard InChI is InChI=1S/C14H15BrFN3/c1-2-6-19-14(10-7-17-9-18-8-10)11-4-3-5-12(16)13(11)15/h3-5,7-9,14,19H,2,6H2,1H3. The van der Waals surface area contributed by atoms with Crippen LogP contribution in [0.15, 0.2) is 41.4 Å². The molecule has 1 N–H and O–H groups in total. The second-order valence-electron chi connectivity index (χ2n) is 4.20. The third kappa shape index (κ3) is 3.36. The molecule has 0 aliphatic rings. The first kappa shape index (κ1) is 14.1. The first-order chi connectivity index (χ1) is 9.24. The van der Waals surface area contributed by atoms with Gasteiger partial charge in [-0.3, -0.25) is 0 Å². The molecule has 2 rings (SSSR count). The summed E-state index contributed by atoms with van der Waals surface area (Å²) in [5.41, 5.74) is 1.77. The number of hydrogen-bond acceptors (Lipinski definition) is 3. The van der Waals surface area contributed by atoms with Crippen LogP contribution in [0.4, 0.5) is 4.39 Å². The molecule has 0 bridgehead atoms. The SMILES string of the molecule is CCCNC(c1cncnc1)c1cccc(F)c1Br. The molecule has 1 unspecified atom stereocenters. The maximum atomic E-state index is 13.7. The zero-order valence-corrected chi connectivity index (χ0v) is 12.2. The van der Waals surface area contributed by atoms with Crippen molar-refractivity contribution in [1.82, 2.24) is 15.3 Å². The van der Waals surface area contributed by atoms with E-state index in [-0.39, 0.29) is 11.9 Å². The van der Waals surface area contributed by atoms with Gasteiger partial charge >= 0.3 is 0 Å². The molecule has 0 amide bonds. The lowest BCUT2D eigenvalue weighted by molar-refractivity contribution is 0.577. The zero-order valence-electron chi connectivity index (χ0n) is 10.6. The van der Waals surface area contributed by atoms with E-state index in [1.54, 1.807) is 18.5 Å². The van der Waals surface area contributed by atoms with E-state index in [1.165, 1.54) is 12.4 Å². The van der Waals surface area contributed by atoms with Crippen molar-refractivity contribution in [3.05, 3.63) is 58.3 Å². The molecule has 0 saturated carbocycles. The highest BCUT2D eigenvalue weighted by Gasteiger charge is 2.18. The van der Waals surface area contributed by atoms with E-state index in [2.05, 4.69) is 38.1 Å². The highest BCUT2D eigenvalue weighted by Crippen LogP contribution is 2.29. The van der Waals surface area contributed by atoms with E-state index in [0.29, 0.717) is 4.47 Å². The average molecular weight is 324 g/mol. The Morgan fingerprint density at radius 1 is 1.32 bits per heavy atom. The molecule has 5 heteroatoms. The molecule has 1 aromatic heterocycles. The van der Waals surface area contributed by atoms with E-state index in [4.69, 9.17) is 0 Å². The van der Waals surface area contributed by atoms with Gasteiger partial charge in [-0.05, 0) is 40.5 Å². The number of nitrogens with one attached hydrogen (secondary N) is 1. The Morgan fingerprint density at radius 2 is 2.05 bits per heavy atom. The van der Waals surface area contributed by atoms with Crippen molar-refractivity contribution in [3.63, 3.8) is 0 Å². The molecule has 0 aliphatic heterocycles. The van der Waals surface area contributed by atoms with Crippen molar-refractivity contribution in [3.8, 4) is 0 Å². The van der Waals surface area contributed by atoms with Crippen LogP contribution in [-0.2, 0) is 0 Å². The smallest absolute Gasteiger partial charge is 0.137 e. The van der Waals surface area contributed by atoms with Crippen LogP contribution >= 0.6 is 15.9 Å². The van der Waals surface area contributed by atoms with Crippen molar-refractivity contribution < 1.29 is 4.39 Å². The first-order valence-electron chi connectivity index (χ1n) is 6.16. The van der Waals surface area contributed by atoms with Gasteiger partial charge in [0.2, 0.25) is 0 Å². The Bertz CT molecular complexity index is 533. The van der Waals surface area contributed by atoms with Gasteiger partial charge in [-0.25, -0.2) is 14.4 Å². The molecule has 0 radical (unpaired) electrons. The molecule has 19 heavy (non-hydrogen) atoms. The quantitative estimate of drug-likeness (QED) is 0.915. The molecular weight excluding hydrogens is 309 g/mol. The molecule has 1 heterocycles. The molecule has 0 saturated heterocycles. The number of benzene rings is 1. The number of hydrogen-bond donors (Lipinski definition) is 1. The van der Waals surface area contributed by atoms with Crippen LogP contribution < -0.4 is 5.32 Å². The van der Waals surface area contributed by atoms with Crippen molar-refractivity contribution >= 4 is 15.9 Å². The maximum absolute atomic E-state index is 13.7. The van der Waals surface area contributed by atoms with Crippen LogP contribution in [0, 0.1) is 5.82 Å². The second-order valence-corrected chi connectivity index (χ2v) is 4.99. The van der Waals surface area contributed by atoms with Crippen LogP contribution in [0.2, 0.25) is 0 Å². The zero-order chi connectivity index (χ0) is 13.7. The lowest BCUT2D eigenvalue weighted by Crippen LogP contribution is -2.24. The summed E-state index contributed by atoms with van der Waals surface area (Å²) in [5.74, 6) is -0.266. The topological polar surface area (TPSA) is 37.8 Å². The van der Waals surface area contributed by atoms with Gasteiger partial charge in [-0.2, -0.15) is 0 Å². The minimum atomic E-state index is -0.266. The lowest BCUT2D eigenvalue weighted by Gasteiger charge is -2.20. The summed E-state index contributed by atoms with van der Waals surface area (Å²) in [6.07, 6.45) is 5.98. The summed E-state index contributed by atoms with van der Waals surface area (Å²) < 4.78 is 14.2. The van der Waals surface area contributed by atoms with Gasteiger partial charge < -0.3 is 5.32 Å². The average Bonchev–Trinajstić information content (AvgIpc) is 2.45. The predicted molar refractivity (Wildman–Crippen MR) is 76.3 cm³/mol. The minimum Gasteiger partial charge on any atom is -0.306 e. The highest BCUT2D eigenvalue weighted by molar-refractivity contribution is 9.10. The summed E-state index contributed by atoms with van der Waals surface area (Å²) >= 11 is 3.31. The molecule has 0 fully saturated rings. The van der Waals surface area contributed by atoms with Crippen LogP contribution in [-0.4, -0.2) is 16.5 Å². The fourth-order valence-electron chi connectivity index (χ4n) is 1.90. The van der Waals surface area contributed by atoms with Crippen LogP contribution in [0.1, 0.15) is 30.5 Å². The van der Waals surface area contributed by atoms with Gasteiger partial charge in [0.25, 0.3) is 0 Å². The van der Waals surface area contributed by atoms with Gasteiger partial charge in [0.1, 0.15) is 12.1 Å². The van der Waals surface area contributed by atoms with E-state index >= 15 is 0 Å². The van der Waals surface area contributed by atoms with Crippen molar-refractivity contribution in [2.75, 3.05) is 6.54 Å². The molecule has 0 aliphatic carbocycles. The van der Waals surface area contributed by atoms with E-state index in [9.17, 15) is 4.39 Å². The summed E-state index contributed by atoms with van der Waals surface area (Å²) in [5, 5.41) is 3.39. The van der Waals surface area contributed by atoms with E-state index in [1.807, 2.05) is 6.07 Å². The number of rotatable bonds is 5. The van der Waals surface area contributed by atoms with E-state index < -0.39 is 0 Å². The lowest BCUT2D eigenvalue weighted by atomic mass is 10.0. The molecule has 2 aromatic rings. The van der Waals surface area contributed by atoms with Gasteiger partial charge in [-0.1, -0.05) is 19.1 Å². The van der Waals surface area contributed by atoms with Crippen LogP contribution in [0.5, 0.6) is 0 Å². The fraction of sp³-hybridized carbons (Fsp3) is 0.286. The van der Waals surface area contributed by atoms with Crippen LogP contribution in [0.25, 0.3) is 0 Å². The first-order valence-corrected chi connectivity index (χ1v) is 6.95. The Labute approximate surface area is 120 Å². The summed E-state index contributed by atoms with van der Waals surface area (Å²) in [6, 6.07) is 4.92. The second kappa shape index (κ2) is 6.73. The van der Waals surface area contributed by atoms with Crippen molar-refractivity contribution in [2.45, 2.75) is 19.4 Å². The van der Waals surface area contributed by atoms with Gasteiger partial charge in [0.05, 0.1) is 10.5 Å². The molecule has 0 spiro atoms. The number of nitrogens with zero attached hydrogens (tertiary/aromatic N) is 2. The maximum Gasteiger partial charge on any atom is 0.137 e. The van der Waals surface area contributed by atoms with Gasteiger partial charge in [-0.15, -0.1) is 0 Å². The summed E-state index contributed by atoms with van der Waals surface area (Å²) in [7, 11) is 0. The largest absolute Gasteiger partial charge is 0.306 e. The Morgan fingerprint density at radius 3 is 2.74 bits per heavy atom. The van der Waals surface area contributed by atoms with Crippen molar-refractivity contribution in [2.24, 2.45) is 0 Å². The Balaban J connectivity index is 2.40. The summed E-state index contributed by atoms with van der Waals surface area (Å²) in [4.78, 5) is 8.06. The molecular formula is C14H15BrFN3. The van der Waals surface area contributed by atoms with E-state index in [0.717, 1.165) is 24.1 Å². The predicted octanol–water partition coefficient (Wildman–Crippen LogP) is 3.47. The molecule has 1 atom stereocenters. The normalized spacial score (nSPS) is 12.4. The Hall–Kier alpha value is -1.33. The molecule has 3 nitrogen and oxygen atoms in total. The van der Waals surface area contributed by atoms with Crippen LogP contribution in [0.3, 0.4) is 0 Å². The van der Waals surface area contributed by atoms with Gasteiger partial charge in [0, 0.05) is 18.0 Å². The summed E-state index contributed by atoms with van der Waals surface area (Å²) in [6.45, 7) is 2.93. The minimum absolute atomic E-state index is 0.119. The van der Waals surface area contributed by atoms with Crippen molar-refractivity contribution in [1.29, 1.82) is 0 Å². The molecule has 1 aromatic carbocycles. The highest BCUT2D eigenvalue weighted by atomic mass is 79.9. The van der Waals surface area contributed by atoms with Gasteiger partial charge in [0.15, 0.2) is 0 Å². The monoisotopic (exact) mass is 323 g/mol. The third-order valence-electron chi connectivity index (χ3n) is 2.80. The Kier molecular flexibility index (Phi) is 4.99. The third-order valence-corrected chi connectivity index (χ3v) is 3.64. The molecule has 100 valence electrons. The number of aromatic nitrogens is 2.